The van der Waals surface area contributed by atoms with E-state index in [0.717, 1.165) is 29.2 Å². The Morgan fingerprint density at radius 1 is 1.29 bits per heavy atom. The number of carbonyl (C=O) groups excluding carboxylic acids is 1. The van der Waals surface area contributed by atoms with Crippen LogP contribution in [0.5, 0.6) is 0 Å². The number of hydrogen-bond donors (Lipinski definition) is 2. The van der Waals surface area contributed by atoms with Crippen molar-refractivity contribution in [2.24, 2.45) is 11.7 Å². The van der Waals surface area contributed by atoms with Crippen molar-refractivity contribution >= 4 is 27.5 Å². The maximum absolute atomic E-state index is 11.3. The van der Waals surface area contributed by atoms with Gasteiger partial charge in [-0.25, -0.2) is 0 Å². The third kappa shape index (κ3) is 3.77. The van der Waals surface area contributed by atoms with Gasteiger partial charge in [-0.2, -0.15) is 0 Å². The highest BCUT2D eigenvalue weighted by Gasteiger charge is 2.24. The van der Waals surface area contributed by atoms with Crippen LogP contribution < -0.4 is 16.0 Å². The van der Waals surface area contributed by atoms with E-state index < -0.39 is 5.91 Å². The quantitative estimate of drug-likeness (QED) is 0.856. The molecular formula is C16H22BrN3O. The van der Waals surface area contributed by atoms with E-state index >= 15 is 0 Å². The number of halogens is 1. The van der Waals surface area contributed by atoms with Crippen molar-refractivity contribution in [3.05, 3.63) is 28.2 Å². The summed E-state index contributed by atoms with van der Waals surface area (Å²) in [6, 6.07) is 6.45. The molecule has 1 aliphatic heterocycles. The molecule has 114 valence electrons. The van der Waals surface area contributed by atoms with Gasteiger partial charge in [0, 0.05) is 29.3 Å². The summed E-state index contributed by atoms with van der Waals surface area (Å²) < 4.78 is 0.779. The van der Waals surface area contributed by atoms with Gasteiger partial charge >= 0.3 is 0 Å². The van der Waals surface area contributed by atoms with Gasteiger partial charge in [0.25, 0.3) is 0 Å². The van der Waals surface area contributed by atoms with Crippen LogP contribution in [0.15, 0.2) is 22.7 Å². The first-order chi connectivity index (χ1) is 10.1. The van der Waals surface area contributed by atoms with Crippen LogP contribution in [0.4, 0.5) is 5.69 Å². The van der Waals surface area contributed by atoms with Gasteiger partial charge in [0.15, 0.2) is 0 Å². The van der Waals surface area contributed by atoms with Crippen molar-refractivity contribution in [2.45, 2.75) is 31.7 Å². The normalized spacial score (nSPS) is 19.8. The van der Waals surface area contributed by atoms with Crippen molar-refractivity contribution in [1.29, 1.82) is 0 Å². The lowest BCUT2D eigenvalue weighted by molar-refractivity contribution is 0.0999. The van der Waals surface area contributed by atoms with Crippen LogP contribution in [0.3, 0.4) is 0 Å². The molecule has 0 unspecified atom stereocenters. The predicted molar refractivity (Wildman–Crippen MR) is 88.6 cm³/mol. The standard InChI is InChI=1S/C16H22BrN3O/c17-15-9-13(3-4-14(15)16(18)21)20-7-5-12(6-8-20)19-10-11-1-2-11/h3-4,9,11-12,19H,1-2,5-8,10H2,(H2,18,21). The van der Waals surface area contributed by atoms with Crippen molar-refractivity contribution in [3.8, 4) is 0 Å². The van der Waals surface area contributed by atoms with Gasteiger partial charge in [-0.1, -0.05) is 0 Å². The maximum atomic E-state index is 11.3. The third-order valence-electron chi connectivity index (χ3n) is 4.47. The van der Waals surface area contributed by atoms with E-state index in [1.165, 1.54) is 32.2 Å². The minimum absolute atomic E-state index is 0.392. The molecule has 1 amide bonds. The molecule has 2 fully saturated rings. The van der Waals surface area contributed by atoms with E-state index in [9.17, 15) is 4.79 Å². The van der Waals surface area contributed by atoms with E-state index in [-0.39, 0.29) is 0 Å². The zero-order valence-corrected chi connectivity index (χ0v) is 13.7. The smallest absolute Gasteiger partial charge is 0.249 e. The average Bonchev–Trinajstić information content (AvgIpc) is 3.29. The average molecular weight is 352 g/mol. The van der Waals surface area contributed by atoms with Gasteiger partial charge < -0.3 is 16.0 Å². The first-order valence-corrected chi connectivity index (χ1v) is 8.50. The Morgan fingerprint density at radius 2 is 2.00 bits per heavy atom. The number of rotatable bonds is 5. The van der Waals surface area contributed by atoms with Crippen LogP contribution in [0.25, 0.3) is 0 Å². The summed E-state index contributed by atoms with van der Waals surface area (Å²) >= 11 is 3.43. The van der Waals surface area contributed by atoms with Gasteiger partial charge in [0.1, 0.15) is 0 Å². The summed E-state index contributed by atoms with van der Waals surface area (Å²) in [6.07, 6.45) is 5.18. The summed E-state index contributed by atoms with van der Waals surface area (Å²) in [7, 11) is 0. The topological polar surface area (TPSA) is 58.4 Å². The Bertz CT molecular complexity index is 522. The van der Waals surface area contributed by atoms with E-state index in [1.54, 1.807) is 6.07 Å². The van der Waals surface area contributed by atoms with Crippen molar-refractivity contribution in [1.82, 2.24) is 5.32 Å². The molecule has 21 heavy (non-hydrogen) atoms. The summed E-state index contributed by atoms with van der Waals surface area (Å²) in [5.74, 6) is 0.553. The molecule has 1 saturated carbocycles. The molecular weight excluding hydrogens is 330 g/mol. The van der Waals surface area contributed by atoms with Crippen molar-refractivity contribution in [2.75, 3.05) is 24.5 Å². The lowest BCUT2D eigenvalue weighted by atomic mass is 10.0. The largest absolute Gasteiger partial charge is 0.371 e. The van der Waals surface area contributed by atoms with E-state index in [2.05, 4.69) is 26.1 Å². The van der Waals surface area contributed by atoms with E-state index in [1.807, 2.05) is 12.1 Å². The van der Waals surface area contributed by atoms with Crippen LogP contribution in [-0.2, 0) is 0 Å². The lowest BCUT2D eigenvalue weighted by Crippen LogP contribution is -2.43. The molecule has 0 bridgehead atoms. The molecule has 3 N–H and O–H groups in total. The molecule has 0 aromatic heterocycles. The zero-order valence-electron chi connectivity index (χ0n) is 12.1. The number of amides is 1. The number of primary amides is 1. The van der Waals surface area contributed by atoms with Gasteiger partial charge in [0.2, 0.25) is 5.91 Å². The number of carbonyl (C=O) groups is 1. The SMILES string of the molecule is NC(=O)c1ccc(N2CCC(NCC3CC3)CC2)cc1Br. The molecule has 1 saturated heterocycles. The minimum Gasteiger partial charge on any atom is -0.371 e. The van der Waals surface area contributed by atoms with Gasteiger partial charge in [-0.05, 0) is 72.3 Å². The predicted octanol–water partition coefficient (Wildman–Crippen LogP) is 2.52. The molecule has 0 atom stereocenters. The third-order valence-corrected chi connectivity index (χ3v) is 5.13. The molecule has 5 heteroatoms. The fraction of sp³-hybridized carbons (Fsp3) is 0.562. The fourth-order valence-corrected chi connectivity index (χ4v) is 3.46. The molecule has 1 heterocycles. The summed E-state index contributed by atoms with van der Waals surface area (Å²) in [6.45, 7) is 3.32. The highest BCUT2D eigenvalue weighted by molar-refractivity contribution is 9.10. The van der Waals surface area contributed by atoms with Crippen molar-refractivity contribution < 1.29 is 4.79 Å². The number of hydrogen-bond acceptors (Lipinski definition) is 3. The second-order valence-electron chi connectivity index (χ2n) is 6.14. The van der Waals surface area contributed by atoms with Gasteiger partial charge in [0.05, 0.1) is 5.56 Å². The highest BCUT2D eigenvalue weighted by Crippen LogP contribution is 2.29. The summed E-state index contributed by atoms with van der Waals surface area (Å²) in [4.78, 5) is 13.6. The lowest BCUT2D eigenvalue weighted by Gasteiger charge is -2.34. The first kappa shape index (κ1) is 14.9. The fourth-order valence-electron chi connectivity index (χ4n) is 2.90. The second kappa shape index (κ2) is 6.36. The van der Waals surface area contributed by atoms with Crippen LogP contribution >= 0.6 is 15.9 Å². The number of benzene rings is 1. The molecule has 3 rings (SSSR count). The number of piperidine rings is 1. The molecule has 0 radical (unpaired) electrons. The van der Waals surface area contributed by atoms with E-state index in [4.69, 9.17) is 5.73 Å². The Hall–Kier alpha value is -1.07. The minimum atomic E-state index is -0.392. The molecule has 2 aliphatic rings. The van der Waals surface area contributed by atoms with Crippen LogP contribution in [0.2, 0.25) is 0 Å². The monoisotopic (exact) mass is 351 g/mol. The van der Waals surface area contributed by atoms with Crippen LogP contribution in [0.1, 0.15) is 36.0 Å². The molecule has 1 aliphatic carbocycles. The number of anilines is 1. The van der Waals surface area contributed by atoms with Gasteiger partial charge in [-0.3, -0.25) is 4.79 Å². The Balaban J connectivity index is 1.55. The first-order valence-electron chi connectivity index (χ1n) is 7.71. The van der Waals surface area contributed by atoms with Crippen LogP contribution in [0, 0.1) is 5.92 Å². The second-order valence-corrected chi connectivity index (χ2v) is 7.00. The van der Waals surface area contributed by atoms with E-state index in [0.29, 0.717) is 11.6 Å². The summed E-state index contributed by atoms with van der Waals surface area (Å²) in [5, 5.41) is 3.69. The highest BCUT2D eigenvalue weighted by atomic mass is 79.9. The maximum Gasteiger partial charge on any atom is 0.249 e. The van der Waals surface area contributed by atoms with Gasteiger partial charge in [-0.15, -0.1) is 0 Å². The number of nitrogens with zero attached hydrogens (tertiary/aromatic N) is 1. The number of nitrogens with one attached hydrogen (secondary N) is 1. The molecule has 1 aromatic carbocycles. The molecule has 1 aromatic rings. The molecule has 0 spiro atoms. The molecule has 4 nitrogen and oxygen atoms in total. The zero-order chi connectivity index (χ0) is 14.8. The Labute approximate surface area is 134 Å². The Kier molecular flexibility index (Phi) is 4.50. The Morgan fingerprint density at radius 3 is 2.57 bits per heavy atom. The van der Waals surface area contributed by atoms with Crippen LogP contribution in [-0.4, -0.2) is 31.6 Å². The number of nitrogens with two attached hydrogens (primary N) is 1. The summed E-state index contributed by atoms with van der Waals surface area (Å²) in [5.41, 5.74) is 7.03. The van der Waals surface area contributed by atoms with Crippen molar-refractivity contribution in [3.63, 3.8) is 0 Å².